The smallest absolute Gasteiger partial charge is 0.127 e. The van der Waals surface area contributed by atoms with Gasteiger partial charge in [0.05, 0.1) is 0 Å². The van der Waals surface area contributed by atoms with Crippen LogP contribution in [0, 0.1) is 17.6 Å². The van der Waals surface area contributed by atoms with Crippen LogP contribution in [0.25, 0.3) is 0 Å². The van der Waals surface area contributed by atoms with Crippen molar-refractivity contribution in [3.8, 4) is 0 Å². The van der Waals surface area contributed by atoms with Crippen LogP contribution in [-0.4, -0.2) is 30.6 Å². The van der Waals surface area contributed by atoms with Crippen molar-refractivity contribution in [2.45, 2.75) is 38.3 Å². The van der Waals surface area contributed by atoms with Crippen LogP contribution < -0.4 is 5.32 Å². The van der Waals surface area contributed by atoms with Crippen LogP contribution in [0.2, 0.25) is 0 Å². The molecule has 0 radical (unpaired) electrons. The van der Waals surface area contributed by atoms with Crippen LogP contribution in [0.1, 0.15) is 31.2 Å². The van der Waals surface area contributed by atoms with Crippen molar-refractivity contribution >= 4 is 12.4 Å². The number of benzene rings is 1. The van der Waals surface area contributed by atoms with Gasteiger partial charge in [-0.05, 0) is 69.4 Å². The van der Waals surface area contributed by atoms with E-state index in [2.05, 4.69) is 10.2 Å². The highest BCUT2D eigenvalue weighted by Crippen LogP contribution is 2.28. The van der Waals surface area contributed by atoms with E-state index in [4.69, 9.17) is 0 Å². The third-order valence-electron chi connectivity index (χ3n) is 4.38. The van der Waals surface area contributed by atoms with Gasteiger partial charge in [-0.2, -0.15) is 0 Å². The summed E-state index contributed by atoms with van der Waals surface area (Å²) < 4.78 is 26.8. The molecule has 0 unspecified atom stereocenters. The number of hydrogen-bond acceptors (Lipinski definition) is 2. The molecule has 2 nitrogen and oxygen atoms in total. The molecule has 1 saturated heterocycles. The Morgan fingerprint density at radius 2 is 1.81 bits per heavy atom. The summed E-state index contributed by atoms with van der Waals surface area (Å²) in [5.74, 6) is 0.247. The van der Waals surface area contributed by atoms with Gasteiger partial charge in [0.1, 0.15) is 11.6 Å². The number of nitrogens with one attached hydrogen (secondary N) is 1. The molecule has 1 aliphatic carbocycles. The van der Waals surface area contributed by atoms with Gasteiger partial charge < -0.3 is 5.32 Å². The van der Waals surface area contributed by atoms with Gasteiger partial charge >= 0.3 is 0 Å². The summed E-state index contributed by atoms with van der Waals surface area (Å²) in [6.07, 6.45) is 4.96. The van der Waals surface area contributed by atoms with Crippen LogP contribution in [0.4, 0.5) is 8.78 Å². The first-order valence-electron chi connectivity index (χ1n) is 7.60. The molecule has 1 aliphatic heterocycles. The quantitative estimate of drug-likeness (QED) is 0.896. The van der Waals surface area contributed by atoms with Gasteiger partial charge in [-0.3, -0.25) is 4.90 Å². The van der Waals surface area contributed by atoms with Crippen LogP contribution in [0.5, 0.6) is 0 Å². The molecule has 1 aromatic carbocycles. The fourth-order valence-corrected chi connectivity index (χ4v) is 2.86. The maximum Gasteiger partial charge on any atom is 0.127 e. The Labute approximate surface area is 131 Å². The molecule has 21 heavy (non-hydrogen) atoms. The zero-order valence-electron chi connectivity index (χ0n) is 12.2. The number of likely N-dealkylation sites (tertiary alicyclic amines) is 1. The molecule has 5 heteroatoms. The average Bonchev–Trinajstić information content (AvgIpc) is 3.26. The molecule has 2 aliphatic rings. The third-order valence-corrected chi connectivity index (χ3v) is 4.38. The Balaban J connectivity index is 0.00000161. The van der Waals surface area contributed by atoms with Gasteiger partial charge in [0.15, 0.2) is 0 Å². The first kappa shape index (κ1) is 16.7. The highest BCUT2D eigenvalue weighted by atomic mass is 35.5. The molecule has 118 valence electrons. The van der Waals surface area contributed by atoms with Crippen molar-refractivity contribution in [1.82, 2.24) is 10.2 Å². The highest BCUT2D eigenvalue weighted by Gasteiger charge is 2.24. The second-order valence-corrected chi connectivity index (χ2v) is 6.14. The van der Waals surface area contributed by atoms with Crippen molar-refractivity contribution < 1.29 is 8.78 Å². The van der Waals surface area contributed by atoms with Crippen LogP contribution >= 0.6 is 12.4 Å². The van der Waals surface area contributed by atoms with Crippen molar-refractivity contribution in [2.75, 3.05) is 19.6 Å². The van der Waals surface area contributed by atoms with Crippen molar-refractivity contribution in [3.63, 3.8) is 0 Å². The van der Waals surface area contributed by atoms with Gasteiger partial charge in [-0.25, -0.2) is 8.78 Å². The van der Waals surface area contributed by atoms with Crippen molar-refractivity contribution in [3.05, 3.63) is 35.4 Å². The average molecular weight is 317 g/mol. The van der Waals surface area contributed by atoms with E-state index in [-0.39, 0.29) is 24.0 Å². The summed E-state index contributed by atoms with van der Waals surface area (Å²) in [5, 5.41) is 3.63. The Morgan fingerprint density at radius 1 is 1.10 bits per heavy atom. The largest absolute Gasteiger partial charge is 0.314 e. The molecule has 1 heterocycles. The van der Waals surface area contributed by atoms with E-state index in [1.807, 2.05) is 0 Å². The predicted molar refractivity (Wildman–Crippen MR) is 82.6 cm³/mol. The minimum Gasteiger partial charge on any atom is -0.314 e. The highest BCUT2D eigenvalue weighted by molar-refractivity contribution is 5.85. The van der Waals surface area contributed by atoms with Gasteiger partial charge in [-0.15, -0.1) is 12.4 Å². The van der Waals surface area contributed by atoms with Crippen molar-refractivity contribution in [2.24, 2.45) is 5.92 Å². The number of halogens is 3. The Morgan fingerprint density at radius 3 is 2.48 bits per heavy atom. The summed E-state index contributed by atoms with van der Waals surface area (Å²) in [6, 6.07) is 4.30. The maximum absolute atomic E-state index is 13.6. The van der Waals surface area contributed by atoms with E-state index in [1.165, 1.54) is 31.0 Å². The van der Waals surface area contributed by atoms with Crippen LogP contribution in [-0.2, 0) is 6.54 Å². The standard InChI is InChI=1S/C16H22F2N2.ClH/c17-14-3-4-16(18)13(9-14)11-20-7-5-15(6-8-20)19-10-12-1-2-12;/h3-4,9,12,15,19H,1-2,5-8,10-11H2;1H. The summed E-state index contributed by atoms with van der Waals surface area (Å²) in [4.78, 5) is 2.22. The number of nitrogens with zero attached hydrogens (tertiary/aromatic N) is 1. The summed E-state index contributed by atoms with van der Waals surface area (Å²) >= 11 is 0. The van der Waals surface area contributed by atoms with Gasteiger partial charge in [0.2, 0.25) is 0 Å². The SMILES string of the molecule is Cl.Fc1ccc(F)c(CN2CCC(NCC3CC3)CC2)c1. The lowest BCUT2D eigenvalue weighted by atomic mass is 10.0. The molecule has 1 aromatic rings. The zero-order valence-corrected chi connectivity index (χ0v) is 13.0. The van der Waals surface area contributed by atoms with Gasteiger partial charge in [0, 0.05) is 18.2 Å². The lowest BCUT2D eigenvalue weighted by Crippen LogP contribution is -2.42. The molecular formula is C16H23ClF2N2. The molecular weight excluding hydrogens is 294 g/mol. The summed E-state index contributed by atoms with van der Waals surface area (Å²) in [7, 11) is 0. The first-order valence-corrected chi connectivity index (χ1v) is 7.60. The fraction of sp³-hybridized carbons (Fsp3) is 0.625. The lowest BCUT2D eigenvalue weighted by molar-refractivity contribution is 0.188. The van der Waals surface area contributed by atoms with Crippen molar-refractivity contribution in [1.29, 1.82) is 0 Å². The fourth-order valence-electron chi connectivity index (χ4n) is 2.86. The van der Waals surface area contributed by atoms with E-state index in [0.29, 0.717) is 18.2 Å². The van der Waals surface area contributed by atoms with E-state index in [0.717, 1.165) is 38.4 Å². The lowest BCUT2D eigenvalue weighted by Gasteiger charge is -2.32. The monoisotopic (exact) mass is 316 g/mol. The molecule has 2 fully saturated rings. The molecule has 3 rings (SSSR count). The van der Waals surface area contributed by atoms with E-state index < -0.39 is 0 Å². The van der Waals surface area contributed by atoms with E-state index in [9.17, 15) is 8.78 Å². The molecule has 1 saturated carbocycles. The van der Waals surface area contributed by atoms with Crippen LogP contribution in [0.3, 0.4) is 0 Å². The van der Waals surface area contributed by atoms with Gasteiger partial charge in [-0.1, -0.05) is 0 Å². The molecule has 0 aromatic heterocycles. The predicted octanol–water partition coefficient (Wildman–Crippen LogP) is 3.35. The van der Waals surface area contributed by atoms with Crippen LogP contribution in [0.15, 0.2) is 18.2 Å². The minimum absolute atomic E-state index is 0. The molecule has 0 atom stereocenters. The molecule has 1 N–H and O–H groups in total. The van der Waals surface area contributed by atoms with E-state index in [1.54, 1.807) is 0 Å². The second-order valence-electron chi connectivity index (χ2n) is 6.14. The summed E-state index contributed by atoms with van der Waals surface area (Å²) in [6.45, 7) is 3.58. The van der Waals surface area contributed by atoms with E-state index >= 15 is 0 Å². The molecule has 0 amide bonds. The topological polar surface area (TPSA) is 15.3 Å². The Hall–Kier alpha value is -0.710. The Bertz CT molecular complexity index is 458. The van der Waals surface area contributed by atoms with Gasteiger partial charge in [0.25, 0.3) is 0 Å². The Kier molecular flexibility index (Phi) is 5.97. The third kappa shape index (κ3) is 4.90. The minimum atomic E-state index is -0.359. The number of hydrogen-bond donors (Lipinski definition) is 1. The zero-order chi connectivity index (χ0) is 13.9. The first-order chi connectivity index (χ1) is 9.70. The normalized spacial score (nSPS) is 20.3. The summed E-state index contributed by atoms with van der Waals surface area (Å²) in [5.41, 5.74) is 0.467. The number of rotatable bonds is 5. The second kappa shape index (κ2) is 7.52. The molecule has 0 bridgehead atoms. The maximum atomic E-state index is 13.6. The molecule has 0 spiro atoms. The number of piperidine rings is 1.